The van der Waals surface area contributed by atoms with Crippen LogP contribution in [-0.4, -0.2) is 23.0 Å². The quantitative estimate of drug-likeness (QED) is 0.778. The molecule has 0 unspecified atom stereocenters. The lowest BCUT2D eigenvalue weighted by molar-refractivity contribution is 0.102. The number of carbonyl (C=O) groups is 1. The van der Waals surface area contributed by atoms with E-state index in [9.17, 15) is 4.79 Å². The average molecular weight is 340 g/mol. The maximum atomic E-state index is 12.1. The maximum Gasteiger partial charge on any atom is 0.258 e. The molecule has 3 aromatic rings. The number of benzene rings is 1. The molecule has 0 spiro atoms. The van der Waals surface area contributed by atoms with Gasteiger partial charge in [0.2, 0.25) is 0 Å². The molecular weight excluding hydrogens is 326 g/mol. The number of anilines is 1. The van der Waals surface area contributed by atoms with Gasteiger partial charge in [0.15, 0.2) is 0 Å². The minimum Gasteiger partial charge on any atom is -0.495 e. The lowest BCUT2D eigenvalue weighted by Crippen LogP contribution is -2.12. The molecule has 0 bridgehead atoms. The third-order valence-corrected chi connectivity index (χ3v) is 3.71. The summed E-state index contributed by atoms with van der Waals surface area (Å²) in [6, 6.07) is 12.5. The van der Waals surface area contributed by atoms with Crippen molar-refractivity contribution < 1.29 is 9.53 Å². The van der Waals surface area contributed by atoms with Gasteiger partial charge >= 0.3 is 0 Å². The summed E-state index contributed by atoms with van der Waals surface area (Å²) >= 11 is 6.14. The molecular formula is C18H14ClN3O2. The van der Waals surface area contributed by atoms with Crippen molar-refractivity contribution in [3.63, 3.8) is 0 Å². The zero-order valence-electron chi connectivity index (χ0n) is 12.9. The fraction of sp³-hybridized carbons (Fsp3) is 0.0556. The Kier molecular flexibility index (Phi) is 4.72. The van der Waals surface area contributed by atoms with Gasteiger partial charge in [-0.1, -0.05) is 17.7 Å². The number of hydrogen-bond donors (Lipinski definition) is 1. The summed E-state index contributed by atoms with van der Waals surface area (Å²) in [7, 11) is 1.57. The molecule has 2 aromatic heterocycles. The SMILES string of the molecule is COc1ccc(-c2ccc(NC(=O)c3cccnc3)nc2)cc1Cl. The van der Waals surface area contributed by atoms with Gasteiger partial charge in [-0.3, -0.25) is 9.78 Å². The van der Waals surface area contributed by atoms with E-state index in [1.54, 1.807) is 43.8 Å². The van der Waals surface area contributed by atoms with Crippen LogP contribution in [-0.2, 0) is 0 Å². The van der Waals surface area contributed by atoms with Crippen LogP contribution in [0.15, 0.2) is 61.1 Å². The predicted molar refractivity (Wildman–Crippen MR) is 93.4 cm³/mol. The zero-order chi connectivity index (χ0) is 16.9. The maximum absolute atomic E-state index is 12.1. The van der Waals surface area contributed by atoms with E-state index in [-0.39, 0.29) is 5.91 Å². The summed E-state index contributed by atoms with van der Waals surface area (Å²) in [4.78, 5) is 20.2. The van der Waals surface area contributed by atoms with Crippen LogP contribution in [0.1, 0.15) is 10.4 Å². The second-order valence-electron chi connectivity index (χ2n) is 4.98. The molecule has 1 N–H and O–H groups in total. The van der Waals surface area contributed by atoms with Gasteiger partial charge in [-0.05, 0) is 42.0 Å². The van der Waals surface area contributed by atoms with E-state index in [0.29, 0.717) is 22.2 Å². The van der Waals surface area contributed by atoms with Crippen molar-refractivity contribution in [2.75, 3.05) is 12.4 Å². The minimum absolute atomic E-state index is 0.254. The lowest BCUT2D eigenvalue weighted by Gasteiger charge is -2.08. The number of amides is 1. The molecule has 0 saturated heterocycles. The predicted octanol–water partition coefficient (Wildman–Crippen LogP) is 4.06. The molecule has 2 heterocycles. The smallest absolute Gasteiger partial charge is 0.258 e. The number of carbonyl (C=O) groups excluding carboxylic acids is 1. The Morgan fingerprint density at radius 1 is 1.12 bits per heavy atom. The third kappa shape index (κ3) is 3.52. The number of nitrogens with one attached hydrogen (secondary N) is 1. The van der Waals surface area contributed by atoms with Crippen LogP contribution in [0, 0.1) is 0 Å². The molecule has 120 valence electrons. The third-order valence-electron chi connectivity index (χ3n) is 3.41. The fourth-order valence-corrected chi connectivity index (χ4v) is 2.43. The molecule has 0 radical (unpaired) electrons. The number of nitrogens with zero attached hydrogens (tertiary/aromatic N) is 2. The van der Waals surface area contributed by atoms with Gasteiger partial charge in [0, 0.05) is 24.2 Å². The Hall–Kier alpha value is -2.92. The van der Waals surface area contributed by atoms with Crippen LogP contribution in [0.4, 0.5) is 5.82 Å². The van der Waals surface area contributed by atoms with Gasteiger partial charge in [-0.2, -0.15) is 0 Å². The number of aromatic nitrogens is 2. The topological polar surface area (TPSA) is 64.1 Å². The molecule has 0 fully saturated rings. The highest BCUT2D eigenvalue weighted by Crippen LogP contribution is 2.30. The summed E-state index contributed by atoms with van der Waals surface area (Å²) < 4.78 is 5.14. The number of ether oxygens (including phenoxy) is 1. The largest absolute Gasteiger partial charge is 0.495 e. The highest BCUT2D eigenvalue weighted by molar-refractivity contribution is 6.32. The summed E-state index contributed by atoms with van der Waals surface area (Å²) in [5.74, 6) is 0.830. The van der Waals surface area contributed by atoms with Gasteiger partial charge in [0.05, 0.1) is 17.7 Å². The first-order chi connectivity index (χ1) is 11.7. The van der Waals surface area contributed by atoms with Gasteiger partial charge in [-0.25, -0.2) is 4.98 Å². The second kappa shape index (κ2) is 7.10. The van der Waals surface area contributed by atoms with E-state index in [2.05, 4.69) is 15.3 Å². The molecule has 6 heteroatoms. The van der Waals surface area contributed by atoms with Crippen LogP contribution in [0.5, 0.6) is 5.75 Å². The highest BCUT2D eigenvalue weighted by Gasteiger charge is 2.08. The molecule has 3 rings (SSSR count). The molecule has 1 amide bonds. The van der Waals surface area contributed by atoms with E-state index in [1.165, 1.54) is 6.20 Å². The standard InChI is InChI=1S/C18H14ClN3O2/c1-24-16-6-4-12(9-15(16)19)13-5-7-17(21-11-13)22-18(23)14-3-2-8-20-10-14/h2-11H,1H3,(H,21,22,23). The Morgan fingerprint density at radius 2 is 1.96 bits per heavy atom. The van der Waals surface area contributed by atoms with Crippen LogP contribution in [0.2, 0.25) is 5.02 Å². The van der Waals surface area contributed by atoms with Gasteiger partial charge in [0.1, 0.15) is 11.6 Å². The van der Waals surface area contributed by atoms with E-state index in [4.69, 9.17) is 16.3 Å². The summed E-state index contributed by atoms with van der Waals surface area (Å²) in [5.41, 5.74) is 2.28. The normalized spacial score (nSPS) is 10.2. The van der Waals surface area contributed by atoms with Crippen LogP contribution in [0.3, 0.4) is 0 Å². The van der Waals surface area contributed by atoms with Crippen molar-refractivity contribution in [3.05, 3.63) is 71.6 Å². The Bertz CT molecular complexity index is 852. The number of hydrogen-bond acceptors (Lipinski definition) is 4. The van der Waals surface area contributed by atoms with Crippen molar-refractivity contribution in [1.82, 2.24) is 9.97 Å². The Morgan fingerprint density at radius 3 is 2.58 bits per heavy atom. The molecule has 0 aliphatic heterocycles. The Balaban J connectivity index is 1.76. The van der Waals surface area contributed by atoms with Crippen molar-refractivity contribution in [2.24, 2.45) is 0 Å². The van der Waals surface area contributed by atoms with Gasteiger partial charge in [-0.15, -0.1) is 0 Å². The molecule has 0 aliphatic rings. The summed E-state index contributed by atoms with van der Waals surface area (Å²) in [6.07, 6.45) is 4.80. The Labute approximate surface area is 144 Å². The molecule has 0 saturated carbocycles. The first kappa shape index (κ1) is 16.0. The second-order valence-corrected chi connectivity index (χ2v) is 5.38. The van der Waals surface area contributed by atoms with E-state index < -0.39 is 0 Å². The highest BCUT2D eigenvalue weighted by atomic mass is 35.5. The van der Waals surface area contributed by atoms with Crippen molar-refractivity contribution in [3.8, 4) is 16.9 Å². The summed E-state index contributed by atoms with van der Waals surface area (Å²) in [5, 5.41) is 3.26. The van der Waals surface area contributed by atoms with Gasteiger partial charge < -0.3 is 10.1 Å². The van der Waals surface area contributed by atoms with Crippen LogP contribution < -0.4 is 10.1 Å². The molecule has 5 nitrogen and oxygen atoms in total. The van der Waals surface area contributed by atoms with E-state index >= 15 is 0 Å². The summed E-state index contributed by atoms with van der Waals surface area (Å²) in [6.45, 7) is 0. The molecule has 1 aromatic carbocycles. The molecule has 0 aliphatic carbocycles. The number of methoxy groups -OCH3 is 1. The minimum atomic E-state index is -0.254. The van der Waals surface area contributed by atoms with Crippen molar-refractivity contribution in [1.29, 1.82) is 0 Å². The van der Waals surface area contributed by atoms with Crippen molar-refractivity contribution >= 4 is 23.3 Å². The average Bonchev–Trinajstić information content (AvgIpc) is 2.63. The van der Waals surface area contributed by atoms with Crippen molar-refractivity contribution in [2.45, 2.75) is 0 Å². The van der Waals surface area contributed by atoms with E-state index in [1.807, 2.05) is 18.2 Å². The van der Waals surface area contributed by atoms with E-state index in [0.717, 1.165) is 11.1 Å². The molecule has 24 heavy (non-hydrogen) atoms. The molecule has 0 atom stereocenters. The van der Waals surface area contributed by atoms with Crippen LogP contribution in [0.25, 0.3) is 11.1 Å². The number of halogens is 1. The first-order valence-corrected chi connectivity index (χ1v) is 7.56. The van der Waals surface area contributed by atoms with Crippen LogP contribution >= 0.6 is 11.6 Å². The fourth-order valence-electron chi connectivity index (χ4n) is 2.17. The monoisotopic (exact) mass is 339 g/mol. The van der Waals surface area contributed by atoms with Gasteiger partial charge in [0.25, 0.3) is 5.91 Å². The number of rotatable bonds is 4. The zero-order valence-corrected chi connectivity index (χ0v) is 13.6. The lowest BCUT2D eigenvalue weighted by atomic mass is 10.1. The first-order valence-electron chi connectivity index (χ1n) is 7.19. The number of pyridine rings is 2.